The average Bonchev–Trinajstić information content (AvgIpc) is 2.98. The van der Waals surface area contributed by atoms with E-state index in [2.05, 4.69) is 5.32 Å². The Hall–Kier alpha value is -2.37. The van der Waals surface area contributed by atoms with E-state index in [1.54, 1.807) is 4.90 Å². The lowest BCUT2D eigenvalue weighted by atomic mass is 10.1. The number of carbonyl (C=O) groups excluding carboxylic acids is 3. The Kier molecular flexibility index (Phi) is 7.18. The van der Waals surface area contributed by atoms with Crippen molar-refractivity contribution in [3.05, 3.63) is 35.9 Å². The van der Waals surface area contributed by atoms with E-state index in [9.17, 15) is 14.4 Å². The molecule has 1 heterocycles. The molecule has 1 unspecified atom stereocenters. The number of hydrogen-bond donors (Lipinski definition) is 1. The summed E-state index contributed by atoms with van der Waals surface area (Å²) in [6, 6.07) is 10.0. The fourth-order valence-electron chi connectivity index (χ4n) is 3.21. The molecule has 1 fully saturated rings. The Labute approximate surface area is 155 Å². The van der Waals surface area contributed by atoms with Crippen molar-refractivity contribution in [2.24, 2.45) is 5.92 Å². The van der Waals surface area contributed by atoms with Crippen molar-refractivity contribution in [3.63, 3.8) is 0 Å². The average molecular weight is 359 g/mol. The van der Waals surface area contributed by atoms with Gasteiger partial charge in [0.1, 0.15) is 0 Å². The largest absolute Gasteiger partial charge is 0.352 e. The molecular formula is C20H29N3O3. The number of rotatable bonds is 8. The zero-order valence-corrected chi connectivity index (χ0v) is 15.9. The zero-order chi connectivity index (χ0) is 19.1. The van der Waals surface area contributed by atoms with Gasteiger partial charge in [-0.25, -0.2) is 0 Å². The lowest BCUT2D eigenvalue weighted by Gasteiger charge is -2.24. The van der Waals surface area contributed by atoms with Crippen LogP contribution in [-0.2, 0) is 20.8 Å². The quantitative estimate of drug-likeness (QED) is 0.764. The van der Waals surface area contributed by atoms with Crippen LogP contribution in [0.2, 0.25) is 0 Å². The molecule has 1 saturated heterocycles. The van der Waals surface area contributed by atoms with Crippen molar-refractivity contribution in [2.75, 3.05) is 26.2 Å². The number of hydrogen-bond acceptors (Lipinski definition) is 3. The molecule has 1 aromatic carbocycles. The van der Waals surface area contributed by atoms with Gasteiger partial charge in [-0.05, 0) is 32.8 Å². The molecule has 3 amide bonds. The Bertz CT molecular complexity index is 630. The van der Waals surface area contributed by atoms with Crippen molar-refractivity contribution in [2.45, 2.75) is 39.7 Å². The van der Waals surface area contributed by atoms with Crippen LogP contribution in [0.4, 0.5) is 0 Å². The molecule has 1 aliphatic rings. The van der Waals surface area contributed by atoms with Crippen molar-refractivity contribution in [1.29, 1.82) is 0 Å². The van der Waals surface area contributed by atoms with Gasteiger partial charge >= 0.3 is 0 Å². The molecule has 0 aliphatic carbocycles. The molecule has 0 aromatic heterocycles. The van der Waals surface area contributed by atoms with E-state index in [-0.39, 0.29) is 42.6 Å². The molecule has 6 heteroatoms. The van der Waals surface area contributed by atoms with Crippen LogP contribution in [-0.4, -0.2) is 59.7 Å². The van der Waals surface area contributed by atoms with Crippen LogP contribution in [0.25, 0.3) is 0 Å². The summed E-state index contributed by atoms with van der Waals surface area (Å²) in [6.07, 6.45) is 1.01. The third-order valence-corrected chi connectivity index (χ3v) is 4.55. The van der Waals surface area contributed by atoms with E-state index in [0.29, 0.717) is 19.6 Å². The molecular weight excluding hydrogens is 330 g/mol. The SMILES string of the molecule is CCN(CC(=O)NC(C)C)C(=O)C1CC(=O)N(CCc2ccccc2)C1. The lowest BCUT2D eigenvalue weighted by molar-refractivity contribution is -0.139. The van der Waals surface area contributed by atoms with Gasteiger partial charge in [0.05, 0.1) is 12.5 Å². The van der Waals surface area contributed by atoms with Gasteiger partial charge in [0.25, 0.3) is 0 Å². The number of likely N-dealkylation sites (tertiary alicyclic amines) is 1. The summed E-state index contributed by atoms with van der Waals surface area (Å²) in [6.45, 7) is 7.18. The number of nitrogens with one attached hydrogen (secondary N) is 1. The Morgan fingerprint density at radius 2 is 1.96 bits per heavy atom. The van der Waals surface area contributed by atoms with Crippen LogP contribution >= 0.6 is 0 Å². The standard InChI is InChI=1S/C20H29N3O3/c1-4-22(14-18(24)21-15(2)3)20(26)17-12-19(25)23(13-17)11-10-16-8-6-5-7-9-16/h5-9,15,17H,4,10-14H2,1-3H3,(H,21,24). The smallest absolute Gasteiger partial charge is 0.239 e. The van der Waals surface area contributed by atoms with E-state index in [4.69, 9.17) is 0 Å². The predicted octanol–water partition coefficient (Wildman–Crippen LogP) is 1.45. The summed E-state index contributed by atoms with van der Waals surface area (Å²) in [7, 11) is 0. The molecule has 2 rings (SSSR count). The second-order valence-electron chi connectivity index (χ2n) is 7.05. The second kappa shape index (κ2) is 9.36. The molecule has 0 spiro atoms. The lowest BCUT2D eigenvalue weighted by Crippen LogP contribution is -2.45. The highest BCUT2D eigenvalue weighted by Crippen LogP contribution is 2.20. The highest BCUT2D eigenvalue weighted by Gasteiger charge is 2.36. The van der Waals surface area contributed by atoms with Crippen LogP contribution in [0.3, 0.4) is 0 Å². The number of amides is 3. The minimum absolute atomic E-state index is 0.0157. The van der Waals surface area contributed by atoms with Gasteiger partial charge in [-0.1, -0.05) is 30.3 Å². The monoisotopic (exact) mass is 359 g/mol. The van der Waals surface area contributed by atoms with Gasteiger partial charge in [-0.15, -0.1) is 0 Å². The normalized spacial score (nSPS) is 16.8. The highest BCUT2D eigenvalue weighted by molar-refractivity contribution is 5.91. The molecule has 1 atom stereocenters. The molecule has 1 aliphatic heterocycles. The summed E-state index contributed by atoms with van der Waals surface area (Å²) in [5.74, 6) is -0.616. The predicted molar refractivity (Wildman–Crippen MR) is 100 cm³/mol. The maximum absolute atomic E-state index is 12.7. The minimum atomic E-state index is -0.356. The molecule has 0 radical (unpaired) electrons. The van der Waals surface area contributed by atoms with Crippen molar-refractivity contribution >= 4 is 17.7 Å². The van der Waals surface area contributed by atoms with Crippen LogP contribution in [0, 0.1) is 5.92 Å². The maximum Gasteiger partial charge on any atom is 0.239 e. The first-order valence-corrected chi connectivity index (χ1v) is 9.30. The fraction of sp³-hybridized carbons (Fsp3) is 0.550. The van der Waals surface area contributed by atoms with Crippen LogP contribution in [0.5, 0.6) is 0 Å². The summed E-state index contributed by atoms with van der Waals surface area (Å²) in [5, 5.41) is 2.80. The molecule has 0 saturated carbocycles. The van der Waals surface area contributed by atoms with Gasteiger partial charge in [-0.3, -0.25) is 14.4 Å². The van der Waals surface area contributed by atoms with Gasteiger partial charge in [-0.2, -0.15) is 0 Å². The summed E-state index contributed by atoms with van der Waals surface area (Å²) in [5.41, 5.74) is 1.18. The van der Waals surface area contributed by atoms with Crippen molar-refractivity contribution < 1.29 is 14.4 Å². The van der Waals surface area contributed by atoms with Crippen LogP contribution < -0.4 is 5.32 Å². The van der Waals surface area contributed by atoms with Gasteiger partial charge in [0.15, 0.2) is 0 Å². The second-order valence-corrected chi connectivity index (χ2v) is 7.05. The van der Waals surface area contributed by atoms with Crippen LogP contribution in [0.15, 0.2) is 30.3 Å². The maximum atomic E-state index is 12.7. The third kappa shape index (κ3) is 5.58. The molecule has 1 N–H and O–H groups in total. The first-order chi connectivity index (χ1) is 12.4. The topological polar surface area (TPSA) is 69.7 Å². The van der Waals surface area contributed by atoms with Crippen molar-refractivity contribution in [3.8, 4) is 0 Å². The fourth-order valence-corrected chi connectivity index (χ4v) is 3.21. The third-order valence-electron chi connectivity index (χ3n) is 4.55. The molecule has 6 nitrogen and oxygen atoms in total. The molecule has 0 bridgehead atoms. The Morgan fingerprint density at radius 3 is 2.58 bits per heavy atom. The Morgan fingerprint density at radius 1 is 1.27 bits per heavy atom. The minimum Gasteiger partial charge on any atom is -0.352 e. The Balaban J connectivity index is 1.89. The first kappa shape index (κ1) is 19.9. The van der Waals surface area contributed by atoms with E-state index in [1.165, 1.54) is 10.5 Å². The zero-order valence-electron chi connectivity index (χ0n) is 15.9. The number of benzene rings is 1. The van der Waals surface area contributed by atoms with Gasteiger partial charge in [0.2, 0.25) is 17.7 Å². The molecule has 142 valence electrons. The van der Waals surface area contributed by atoms with Gasteiger partial charge < -0.3 is 15.1 Å². The summed E-state index contributed by atoms with van der Waals surface area (Å²) in [4.78, 5) is 40.2. The van der Waals surface area contributed by atoms with Crippen molar-refractivity contribution in [1.82, 2.24) is 15.1 Å². The van der Waals surface area contributed by atoms with Crippen LogP contribution in [0.1, 0.15) is 32.8 Å². The summed E-state index contributed by atoms with van der Waals surface area (Å²) >= 11 is 0. The number of nitrogens with zero attached hydrogens (tertiary/aromatic N) is 2. The summed E-state index contributed by atoms with van der Waals surface area (Å²) < 4.78 is 0. The van der Waals surface area contributed by atoms with Gasteiger partial charge in [0, 0.05) is 32.1 Å². The molecule has 26 heavy (non-hydrogen) atoms. The van der Waals surface area contributed by atoms with E-state index in [0.717, 1.165) is 6.42 Å². The van der Waals surface area contributed by atoms with E-state index >= 15 is 0 Å². The first-order valence-electron chi connectivity index (χ1n) is 9.30. The van der Waals surface area contributed by atoms with E-state index < -0.39 is 0 Å². The number of carbonyl (C=O) groups is 3. The van der Waals surface area contributed by atoms with E-state index in [1.807, 2.05) is 51.1 Å². The molecule has 1 aromatic rings. The number of likely N-dealkylation sites (N-methyl/N-ethyl adjacent to an activating group) is 1. The highest BCUT2D eigenvalue weighted by atomic mass is 16.2.